The van der Waals surface area contributed by atoms with Crippen molar-refractivity contribution in [2.75, 3.05) is 6.54 Å². The lowest BCUT2D eigenvalue weighted by Gasteiger charge is -2.23. The molecule has 0 spiro atoms. The number of rotatable bonds is 5. The first-order valence-corrected chi connectivity index (χ1v) is 6.77. The third-order valence-electron chi connectivity index (χ3n) is 3.85. The Morgan fingerprint density at radius 3 is 2.88 bits per heavy atom. The molecule has 0 bridgehead atoms. The maximum absolute atomic E-state index is 4.20. The van der Waals surface area contributed by atoms with Crippen molar-refractivity contribution >= 4 is 0 Å². The quantitative estimate of drug-likeness (QED) is 0.847. The monoisotopic (exact) mass is 236 g/mol. The molecule has 1 aliphatic rings. The first kappa shape index (κ1) is 12.6. The summed E-state index contributed by atoms with van der Waals surface area (Å²) in [6.45, 7) is 5.59. The molecule has 0 aliphatic heterocycles. The van der Waals surface area contributed by atoms with Crippen molar-refractivity contribution in [2.24, 2.45) is 18.9 Å². The molecule has 96 valence electrons. The number of hydrogen-bond acceptors (Lipinski definition) is 3. The van der Waals surface area contributed by atoms with E-state index in [1.165, 1.54) is 19.3 Å². The van der Waals surface area contributed by atoms with Gasteiger partial charge in [-0.3, -0.25) is 4.68 Å². The van der Waals surface area contributed by atoms with E-state index in [-0.39, 0.29) is 0 Å². The lowest BCUT2D eigenvalue weighted by Crippen LogP contribution is -2.37. The standard InChI is InChI=1S/C13H24N4/c1-4-14-13(11-6-5-10(2)7-11)8-12-9-17(3)16-15-12/h9-11,13-14H,4-8H2,1-3H3. The maximum atomic E-state index is 4.20. The Balaban J connectivity index is 1.97. The van der Waals surface area contributed by atoms with Crippen LogP contribution in [0.2, 0.25) is 0 Å². The summed E-state index contributed by atoms with van der Waals surface area (Å²) in [5.41, 5.74) is 1.11. The third kappa shape index (κ3) is 3.28. The van der Waals surface area contributed by atoms with E-state index in [4.69, 9.17) is 0 Å². The van der Waals surface area contributed by atoms with Gasteiger partial charge >= 0.3 is 0 Å². The fourth-order valence-electron chi connectivity index (χ4n) is 3.00. The van der Waals surface area contributed by atoms with E-state index in [0.29, 0.717) is 6.04 Å². The highest BCUT2D eigenvalue weighted by atomic mass is 15.4. The van der Waals surface area contributed by atoms with Crippen molar-refractivity contribution in [3.8, 4) is 0 Å². The highest BCUT2D eigenvalue weighted by Crippen LogP contribution is 2.33. The zero-order chi connectivity index (χ0) is 12.3. The fourth-order valence-corrected chi connectivity index (χ4v) is 3.00. The zero-order valence-corrected chi connectivity index (χ0v) is 11.2. The van der Waals surface area contributed by atoms with Gasteiger partial charge in [0, 0.05) is 25.7 Å². The smallest absolute Gasteiger partial charge is 0.0842 e. The van der Waals surface area contributed by atoms with Gasteiger partial charge in [-0.15, -0.1) is 5.10 Å². The van der Waals surface area contributed by atoms with E-state index >= 15 is 0 Å². The molecule has 0 aromatic carbocycles. The number of aryl methyl sites for hydroxylation is 1. The molecule has 17 heavy (non-hydrogen) atoms. The van der Waals surface area contributed by atoms with Crippen LogP contribution >= 0.6 is 0 Å². The van der Waals surface area contributed by atoms with Gasteiger partial charge in [0.2, 0.25) is 0 Å². The van der Waals surface area contributed by atoms with Gasteiger partial charge in [-0.1, -0.05) is 25.5 Å². The minimum atomic E-state index is 0.571. The van der Waals surface area contributed by atoms with Gasteiger partial charge in [-0.2, -0.15) is 0 Å². The zero-order valence-electron chi connectivity index (χ0n) is 11.2. The van der Waals surface area contributed by atoms with E-state index in [9.17, 15) is 0 Å². The lowest BCUT2D eigenvalue weighted by atomic mass is 9.93. The molecule has 1 aromatic heterocycles. The molecule has 4 nitrogen and oxygen atoms in total. The van der Waals surface area contributed by atoms with E-state index in [0.717, 1.165) is 30.5 Å². The van der Waals surface area contributed by atoms with E-state index in [2.05, 4.69) is 29.5 Å². The fraction of sp³-hybridized carbons (Fsp3) is 0.846. The second kappa shape index (κ2) is 5.63. The molecular formula is C13H24N4. The number of aromatic nitrogens is 3. The van der Waals surface area contributed by atoms with Gasteiger partial charge in [0.1, 0.15) is 0 Å². The summed E-state index contributed by atoms with van der Waals surface area (Å²) in [5.74, 6) is 1.70. The number of nitrogens with zero attached hydrogens (tertiary/aromatic N) is 3. The van der Waals surface area contributed by atoms with Crippen LogP contribution in [0.25, 0.3) is 0 Å². The average Bonchev–Trinajstić information content (AvgIpc) is 2.87. The van der Waals surface area contributed by atoms with Crippen LogP contribution in [0.5, 0.6) is 0 Å². The summed E-state index contributed by atoms with van der Waals surface area (Å²) in [4.78, 5) is 0. The van der Waals surface area contributed by atoms with Gasteiger partial charge in [-0.25, -0.2) is 0 Å². The Bertz CT molecular complexity index is 347. The molecule has 0 radical (unpaired) electrons. The third-order valence-corrected chi connectivity index (χ3v) is 3.85. The summed E-state index contributed by atoms with van der Waals surface area (Å²) >= 11 is 0. The molecule has 3 unspecified atom stereocenters. The first-order chi connectivity index (χ1) is 8.19. The molecular weight excluding hydrogens is 212 g/mol. The Morgan fingerprint density at radius 1 is 1.53 bits per heavy atom. The predicted octanol–water partition coefficient (Wildman–Crippen LogP) is 1.77. The first-order valence-electron chi connectivity index (χ1n) is 6.77. The highest BCUT2D eigenvalue weighted by molar-refractivity contribution is 4.98. The molecule has 1 saturated carbocycles. The Hall–Kier alpha value is -0.900. The molecule has 4 heteroatoms. The lowest BCUT2D eigenvalue weighted by molar-refractivity contribution is 0.351. The normalized spacial score (nSPS) is 26.3. The van der Waals surface area contributed by atoms with Gasteiger partial charge in [0.05, 0.1) is 5.69 Å². The molecule has 1 heterocycles. The largest absolute Gasteiger partial charge is 0.314 e. The summed E-state index contributed by atoms with van der Waals surface area (Å²) in [7, 11) is 1.93. The van der Waals surface area contributed by atoms with Crippen LogP contribution in [-0.4, -0.2) is 27.6 Å². The van der Waals surface area contributed by atoms with Crippen LogP contribution in [0, 0.1) is 11.8 Å². The van der Waals surface area contributed by atoms with Gasteiger partial charge in [0.25, 0.3) is 0 Å². The maximum Gasteiger partial charge on any atom is 0.0842 e. The minimum Gasteiger partial charge on any atom is -0.314 e. The van der Waals surface area contributed by atoms with E-state index in [1.807, 2.05) is 13.2 Å². The Labute approximate surface area is 104 Å². The number of nitrogens with one attached hydrogen (secondary N) is 1. The van der Waals surface area contributed by atoms with Crippen molar-refractivity contribution in [2.45, 2.75) is 45.6 Å². The molecule has 3 atom stereocenters. The van der Waals surface area contributed by atoms with Crippen molar-refractivity contribution in [1.29, 1.82) is 0 Å². The van der Waals surface area contributed by atoms with Crippen LogP contribution in [0.15, 0.2) is 6.20 Å². The van der Waals surface area contributed by atoms with Gasteiger partial charge in [-0.05, 0) is 31.2 Å². The Kier molecular flexibility index (Phi) is 4.15. The molecule has 1 aliphatic carbocycles. The van der Waals surface area contributed by atoms with Crippen LogP contribution in [0.1, 0.15) is 38.8 Å². The molecule has 0 saturated heterocycles. The van der Waals surface area contributed by atoms with Crippen LogP contribution in [0.3, 0.4) is 0 Å². The number of hydrogen-bond donors (Lipinski definition) is 1. The topological polar surface area (TPSA) is 42.7 Å². The van der Waals surface area contributed by atoms with Gasteiger partial charge < -0.3 is 5.32 Å². The summed E-state index contributed by atoms with van der Waals surface area (Å²) in [6.07, 6.45) is 7.14. The van der Waals surface area contributed by atoms with Crippen LogP contribution in [0.4, 0.5) is 0 Å². The molecule has 1 aromatic rings. The second-order valence-corrected chi connectivity index (χ2v) is 5.43. The summed E-state index contributed by atoms with van der Waals surface area (Å²) in [5, 5.41) is 11.8. The van der Waals surface area contributed by atoms with Crippen LogP contribution in [-0.2, 0) is 13.5 Å². The average molecular weight is 236 g/mol. The Morgan fingerprint density at radius 2 is 2.35 bits per heavy atom. The molecule has 2 rings (SSSR count). The summed E-state index contributed by atoms with van der Waals surface area (Å²) < 4.78 is 1.79. The minimum absolute atomic E-state index is 0.571. The number of likely N-dealkylation sites (N-methyl/N-ethyl adjacent to an activating group) is 1. The van der Waals surface area contributed by atoms with Crippen molar-refractivity contribution in [3.63, 3.8) is 0 Å². The van der Waals surface area contributed by atoms with E-state index in [1.54, 1.807) is 4.68 Å². The van der Waals surface area contributed by atoms with Gasteiger partial charge in [0.15, 0.2) is 0 Å². The van der Waals surface area contributed by atoms with Crippen molar-refractivity contribution in [3.05, 3.63) is 11.9 Å². The van der Waals surface area contributed by atoms with Crippen LogP contribution < -0.4 is 5.32 Å². The van der Waals surface area contributed by atoms with E-state index < -0.39 is 0 Å². The van der Waals surface area contributed by atoms with Crippen molar-refractivity contribution < 1.29 is 0 Å². The predicted molar refractivity (Wildman–Crippen MR) is 68.7 cm³/mol. The second-order valence-electron chi connectivity index (χ2n) is 5.43. The highest BCUT2D eigenvalue weighted by Gasteiger charge is 2.28. The SMILES string of the molecule is CCNC(Cc1cn(C)nn1)C1CCC(C)C1. The molecule has 1 fully saturated rings. The molecule has 0 amide bonds. The summed E-state index contributed by atoms with van der Waals surface area (Å²) in [6, 6.07) is 0.571. The van der Waals surface area contributed by atoms with Crippen molar-refractivity contribution in [1.82, 2.24) is 20.3 Å². The molecule has 1 N–H and O–H groups in total.